The molecule has 0 aliphatic carbocycles. The predicted molar refractivity (Wildman–Crippen MR) is 98.5 cm³/mol. The molecule has 1 N–H and O–H groups in total. The Morgan fingerprint density at radius 2 is 1.48 bits per heavy atom. The normalized spacial score (nSPS) is 12.3. The molecule has 136 valence electrons. The van der Waals surface area contributed by atoms with Gasteiger partial charge in [0.1, 0.15) is 0 Å². The van der Waals surface area contributed by atoms with Gasteiger partial charge in [-0.1, -0.05) is 38.1 Å². The van der Waals surface area contributed by atoms with Crippen LogP contribution in [0.3, 0.4) is 0 Å². The lowest BCUT2D eigenvalue weighted by molar-refractivity contribution is 0.445. The molecular formula is C17H22N2O4S2. The largest absolute Gasteiger partial charge is 0.279 e. The second-order valence-corrected chi connectivity index (χ2v) is 9.10. The van der Waals surface area contributed by atoms with Crippen molar-refractivity contribution in [3.05, 3.63) is 54.1 Å². The van der Waals surface area contributed by atoms with Gasteiger partial charge in [0, 0.05) is 13.1 Å². The van der Waals surface area contributed by atoms with Crippen LogP contribution in [0.2, 0.25) is 0 Å². The van der Waals surface area contributed by atoms with Crippen molar-refractivity contribution in [2.24, 2.45) is 0 Å². The molecule has 0 atom stereocenters. The van der Waals surface area contributed by atoms with Gasteiger partial charge in [-0.3, -0.25) is 4.72 Å². The smallest absolute Gasteiger partial charge is 0.261 e. The molecule has 2 rings (SSSR count). The van der Waals surface area contributed by atoms with E-state index in [4.69, 9.17) is 0 Å². The number of benzene rings is 2. The summed E-state index contributed by atoms with van der Waals surface area (Å²) in [6, 6.07) is 12.4. The van der Waals surface area contributed by atoms with E-state index in [1.165, 1.54) is 28.6 Å². The molecule has 0 radical (unpaired) electrons. The van der Waals surface area contributed by atoms with Crippen molar-refractivity contribution in [3.8, 4) is 0 Å². The van der Waals surface area contributed by atoms with Crippen molar-refractivity contribution < 1.29 is 16.8 Å². The number of sulfonamides is 2. The highest BCUT2D eigenvalue weighted by Gasteiger charge is 2.23. The average molecular weight is 383 g/mol. The molecule has 0 aromatic heterocycles. The molecular weight excluding hydrogens is 360 g/mol. The predicted octanol–water partition coefficient (Wildman–Crippen LogP) is 2.83. The Morgan fingerprint density at radius 3 is 2.04 bits per heavy atom. The molecule has 0 amide bonds. The molecule has 0 aliphatic rings. The number of nitrogens with zero attached hydrogens (tertiary/aromatic N) is 1. The molecule has 0 unspecified atom stereocenters. The first-order valence-electron chi connectivity index (χ1n) is 7.91. The van der Waals surface area contributed by atoms with Crippen LogP contribution >= 0.6 is 0 Å². The molecule has 2 aromatic carbocycles. The first kappa shape index (κ1) is 19.4. The highest BCUT2D eigenvalue weighted by molar-refractivity contribution is 7.92. The van der Waals surface area contributed by atoms with Crippen LogP contribution in [0.25, 0.3) is 0 Å². The third kappa shape index (κ3) is 4.20. The van der Waals surface area contributed by atoms with E-state index < -0.39 is 20.0 Å². The van der Waals surface area contributed by atoms with Gasteiger partial charge in [-0.25, -0.2) is 16.8 Å². The van der Waals surface area contributed by atoms with Crippen molar-refractivity contribution in [1.29, 1.82) is 0 Å². The summed E-state index contributed by atoms with van der Waals surface area (Å²) < 4.78 is 54.1. The summed E-state index contributed by atoms with van der Waals surface area (Å²) >= 11 is 0. The maximum Gasteiger partial charge on any atom is 0.261 e. The molecule has 8 heteroatoms. The van der Waals surface area contributed by atoms with E-state index in [1.54, 1.807) is 45.0 Å². The molecule has 0 heterocycles. The van der Waals surface area contributed by atoms with Crippen LogP contribution in [-0.4, -0.2) is 34.2 Å². The van der Waals surface area contributed by atoms with Gasteiger partial charge < -0.3 is 0 Å². The molecule has 0 saturated heterocycles. The molecule has 0 saturated carbocycles. The van der Waals surface area contributed by atoms with Crippen LogP contribution in [-0.2, 0) is 20.0 Å². The maximum absolute atomic E-state index is 12.6. The second-order valence-electron chi connectivity index (χ2n) is 5.48. The Kier molecular flexibility index (Phi) is 5.87. The number of hydrogen-bond donors (Lipinski definition) is 1. The highest BCUT2D eigenvalue weighted by atomic mass is 32.2. The molecule has 2 aromatic rings. The fourth-order valence-corrected chi connectivity index (χ4v) is 5.01. The van der Waals surface area contributed by atoms with Crippen molar-refractivity contribution >= 4 is 25.7 Å². The summed E-state index contributed by atoms with van der Waals surface area (Å²) in [6.45, 7) is 5.93. The van der Waals surface area contributed by atoms with Gasteiger partial charge in [-0.05, 0) is 36.8 Å². The number of anilines is 1. The molecule has 25 heavy (non-hydrogen) atoms. The van der Waals surface area contributed by atoms with Crippen molar-refractivity contribution in [2.75, 3.05) is 17.8 Å². The standard InChI is InChI=1S/C17H22N2O4S2/c1-4-19(5-2)25(22,23)16-12-11-14(3)17(13-16)18-24(20,21)15-9-7-6-8-10-15/h6-13,18H,4-5H2,1-3H3. The zero-order valence-electron chi connectivity index (χ0n) is 14.4. The van der Waals surface area contributed by atoms with E-state index in [0.29, 0.717) is 18.7 Å². The Morgan fingerprint density at radius 1 is 0.880 bits per heavy atom. The Bertz CT molecular complexity index is 936. The van der Waals surface area contributed by atoms with Crippen LogP contribution in [0.15, 0.2) is 58.3 Å². The van der Waals surface area contributed by atoms with Crippen molar-refractivity contribution in [2.45, 2.75) is 30.6 Å². The van der Waals surface area contributed by atoms with Gasteiger partial charge >= 0.3 is 0 Å². The number of nitrogens with one attached hydrogen (secondary N) is 1. The summed E-state index contributed by atoms with van der Waals surface area (Å²) in [5.74, 6) is 0. The van der Waals surface area contributed by atoms with E-state index in [2.05, 4.69) is 4.72 Å². The van der Waals surface area contributed by atoms with Crippen LogP contribution in [0.1, 0.15) is 19.4 Å². The number of aryl methyl sites for hydroxylation is 1. The average Bonchev–Trinajstić information content (AvgIpc) is 2.58. The number of rotatable bonds is 7. The molecule has 0 aliphatic heterocycles. The summed E-state index contributed by atoms with van der Waals surface area (Å²) in [6.07, 6.45) is 0. The zero-order valence-corrected chi connectivity index (χ0v) is 16.1. The monoisotopic (exact) mass is 382 g/mol. The van der Waals surface area contributed by atoms with Crippen molar-refractivity contribution in [1.82, 2.24) is 4.31 Å². The minimum atomic E-state index is -3.79. The minimum absolute atomic E-state index is 0.0626. The lowest BCUT2D eigenvalue weighted by Crippen LogP contribution is -2.30. The van der Waals surface area contributed by atoms with E-state index >= 15 is 0 Å². The highest BCUT2D eigenvalue weighted by Crippen LogP contribution is 2.25. The first-order chi connectivity index (χ1) is 11.7. The third-order valence-electron chi connectivity index (χ3n) is 3.85. The molecule has 0 spiro atoms. The summed E-state index contributed by atoms with van der Waals surface area (Å²) in [4.78, 5) is 0.180. The van der Waals surface area contributed by atoms with Gasteiger partial charge in [0.25, 0.3) is 10.0 Å². The van der Waals surface area contributed by atoms with Gasteiger partial charge in [-0.15, -0.1) is 0 Å². The SMILES string of the molecule is CCN(CC)S(=O)(=O)c1ccc(C)c(NS(=O)(=O)c2ccccc2)c1. The Balaban J connectivity index is 2.44. The fourth-order valence-electron chi connectivity index (χ4n) is 2.39. The Labute approximate surface area is 149 Å². The minimum Gasteiger partial charge on any atom is -0.279 e. The van der Waals surface area contributed by atoms with Gasteiger partial charge in [0.2, 0.25) is 10.0 Å². The van der Waals surface area contributed by atoms with Gasteiger partial charge in [0.05, 0.1) is 15.5 Å². The lowest BCUT2D eigenvalue weighted by Gasteiger charge is -2.19. The maximum atomic E-state index is 12.6. The fraction of sp³-hybridized carbons (Fsp3) is 0.294. The van der Waals surface area contributed by atoms with E-state index in [-0.39, 0.29) is 15.5 Å². The van der Waals surface area contributed by atoms with Crippen molar-refractivity contribution in [3.63, 3.8) is 0 Å². The Hall–Kier alpha value is -1.90. The van der Waals surface area contributed by atoms with E-state index in [9.17, 15) is 16.8 Å². The lowest BCUT2D eigenvalue weighted by atomic mass is 10.2. The number of hydrogen-bond acceptors (Lipinski definition) is 4. The van der Waals surface area contributed by atoms with Gasteiger partial charge in [0.15, 0.2) is 0 Å². The summed E-state index contributed by atoms with van der Waals surface area (Å²) in [5.41, 5.74) is 0.884. The summed E-state index contributed by atoms with van der Waals surface area (Å²) in [5, 5.41) is 0. The molecule has 6 nitrogen and oxygen atoms in total. The van der Waals surface area contributed by atoms with E-state index in [0.717, 1.165) is 0 Å². The van der Waals surface area contributed by atoms with Gasteiger partial charge in [-0.2, -0.15) is 4.31 Å². The second kappa shape index (κ2) is 7.55. The quantitative estimate of drug-likeness (QED) is 0.798. The van der Waals surface area contributed by atoms with Crippen LogP contribution < -0.4 is 4.72 Å². The van der Waals surface area contributed by atoms with Crippen LogP contribution in [0, 0.1) is 6.92 Å². The zero-order chi connectivity index (χ0) is 18.7. The molecule has 0 bridgehead atoms. The van der Waals surface area contributed by atoms with E-state index in [1.807, 2.05) is 0 Å². The van der Waals surface area contributed by atoms with Crippen LogP contribution in [0.4, 0.5) is 5.69 Å². The van der Waals surface area contributed by atoms with Crippen LogP contribution in [0.5, 0.6) is 0 Å². The first-order valence-corrected chi connectivity index (χ1v) is 10.8. The summed E-state index contributed by atoms with van der Waals surface area (Å²) in [7, 11) is -7.45. The third-order valence-corrected chi connectivity index (χ3v) is 7.28. The molecule has 0 fully saturated rings. The topological polar surface area (TPSA) is 83.6 Å².